The van der Waals surface area contributed by atoms with E-state index in [1.807, 2.05) is 31.2 Å². The predicted molar refractivity (Wildman–Crippen MR) is 87.9 cm³/mol. The van der Waals surface area contributed by atoms with Crippen LogP contribution in [0.2, 0.25) is 0 Å². The van der Waals surface area contributed by atoms with Crippen molar-refractivity contribution in [2.75, 3.05) is 5.32 Å². The number of aromatic nitrogens is 1. The van der Waals surface area contributed by atoms with E-state index >= 15 is 0 Å². The number of anilines is 1. The molecule has 2 rings (SSSR count). The fraction of sp³-hybridized carbons (Fsp3) is 0.250. The summed E-state index contributed by atoms with van der Waals surface area (Å²) < 4.78 is 0. The third-order valence-corrected chi connectivity index (χ3v) is 3.38. The van der Waals surface area contributed by atoms with Gasteiger partial charge in [-0.2, -0.15) is 0 Å². The van der Waals surface area contributed by atoms with Crippen LogP contribution in [-0.2, 0) is 0 Å². The third-order valence-electron chi connectivity index (χ3n) is 3.16. The minimum atomic E-state index is 0.154. The van der Waals surface area contributed by atoms with Gasteiger partial charge in [0.1, 0.15) is 5.82 Å². The van der Waals surface area contributed by atoms with Crippen molar-refractivity contribution < 1.29 is 0 Å². The largest absolute Gasteiger partial charge is 0.356 e. The molecule has 0 bridgehead atoms. The van der Waals surface area contributed by atoms with Crippen molar-refractivity contribution in [3.63, 3.8) is 0 Å². The highest BCUT2D eigenvalue weighted by Crippen LogP contribution is 2.16. The van der Waals surface area contributed by atoms with Crippen molar-refractivity contribution in [1.29, 1.82) is 0 Å². The Morgan fingerprint density at radius 1 is 1.20 bits per heavy atom. The maximum absolute atomic E-state index is 5.34. The van der Waals surface area contributed by atoms with Gasteiger partial charge in [-0.05, 0) is 61.8 Å². The fourth-order valence-electron chi connectivity index (χ4n) is 2.10. The lowest BCUT2D eigenvalue weighted by atomic mass is 10.0. The zero-order chi connectivity index (χ0) is 14.5. The molecule has 0 aliphatic heterocycles. The van der Waals surface area contributed by atoms with E-state index in [-0.39, 0.29) is 6.04 Å². The van der Waals surface area contributed by atoms with Gasteiger partial charge in [0, 0.05) is 6.20 Å². The number of hydrogen-bond donors (Lipinski definition) is 2. The van der Waals surface area contributed by atoms with E-state index in [2.05, 4.69) is 41.6 Å². The second kappa shape index (κ2) is 6.48. The summed E-state index contributed by atoms with van der Waals surface area (Å²) in [5.74, 6) is 0.763. The number of thiocarbonyl (C=S) groups is 1. The van der Waals surface area contributed by atoms with Gasteiger partial charge in [-0.3, -0.25) is 0 Å². The molecule has 1 atom stereocenters. The molecule has 0 fully saturated rings. The van der Waals surface area contributed by atoms with Crippen molar-refractivity contribution in [3.05, 3.63) is 59.3 Å². The van der Waals surface area contributed by atoms with E-state index in [4.69, 9.17) is 12.2 Å². The minimum absolute atomic E-state index is 0.154. The first-order valence-corrected chi connectivity index (χ1v) is 7.03. The zero-order valence-electron chi connectivity index (χ0n) is 12.0. The van der Waals surface area contributed by atoms with Gasteiger partial charge in [0.25, 0.3) is 0 Å². The Hall–Kier alpha value is -1.94. The van der Waals surface area contributed by atoms with Gasteiger partial charge < -0.3 is 10.6 Å². The van der Waals surface area contributed by atoms with Crippen LogP contribution in [0.5, 0.6) is 0 Å². The second-order valence-electron chi connectivity index (χ2n) is 4.90. The predicted octanol–water partition coefficient (Wildman–Crippen LogP) is 3.75. The maximum atomic E-state index is 5.34. The summed E-state index contributed by atoms with van der Waals surface area (Å²) in [6.45, 7) is 6.23. The van der Waals surface area contributed by atoms with Crippen LogP contribution in [0.3, 0.4) is 0 Å². The molecule has 20 heavy (non-hydrogen) atoms. The van der Waals surface area contributed by atoms with Crippen molar-refractivity contribution in [3.8, 4) is 0 Å². The van der Waals surface area contributed by atoms with Gasteiger partial charge in [0.2, 0.25) is 0 Å². The smallest absolute Gasteiger partial charge is 0.172 e. The summed E-state index contributed by atoms with van der Waals surface area (Å²) in [4.78, 5) is 4.24. The third kappa shape index (κ3) is 3.78. The highest BCUT2D eigenvalue weighted by molar-refractivity contribution is 7.80. The molecule has 0 saturated carbocycles. The van der Waals surface area contributed by atoms with Gasteiger partial charge >= 0.3 is 0 Å². The van der Waals surface area contributed by atoms with E-state index in [9.17, 15) is 0 Å². The van der Waals surface area contributed by atoms with Crippen molar-refractivity contribution in [2.45, 2.75) is 26.8 Å². The topological polar surface area (TPSA) is 37.0 Å². The molecule has 0 unspecified atom stereocenters. The molecule has 0 amide bonds. The monoisotopic (exact) mass is 285 g/mol. The number of rotatable bonds is 3. The van der Waals surface area contributed by atoms with Gasteiger partial charge in [-0.1, -0.05) is 24.3 Å². The Kier molecular flexibility index (Phi) is 4.69. The van der Waals surface area contributed by atoms with Crippen LogP contribution < -0.4 is 10.6 Å². The van der Waals surface area contributed by atoms with Gasteiger partial charge in [0.05, 0.1) is 6.04 Å². The van der Waals surface area contributed by atoms with Crippen LogP contribution in [0.4, 0.5) is 5.82 Å². The fourth-order valence-corrected chi connectivity index (χ4v) is 2.39. The number of aryl methyl sites for hydroxylation is 2. The first-order chi connectivity index (χ1) is 9.56. The molecule has 4 heteroatoms. The SMILES string of the molecule is Cc1ccnc(NC(=S)N[C@@H](C)c2ccccc2C)c1. The van der Waals surface area contributed by atoms with Crippen LogP contribution in [0.15, 0.2) is 42.6 Å². The molecule has 0 aliphatic carbocycles. The lowest BCUT2D eigenvalue weighted by molar-refractivity contribution is 0.717. The molecule has 2 N–H and O–H groups in total. The number of benzene rings is 1. The van der Waals surface area contributed by atoms with Crippen molar-refractivity contribution >= 4 is 23.1 Å². The molecule has 3 nitrogen and oxygen atoms in total. The molecule has 1 heterocycles. The molecule has 0 saturated heterocycles. The Morgan fingerprint density at radius 2 is 1.95 bits per heavy atom. The highest BCUT2D eigenvalue weighted by atomic mass is 32.1. The van der Waals surface area contributed by atoms with Crippen LogP contribution in [0.1, 0.15) is 29.7 Å². The summed E-state index contributed by atoms with van der Waals surface area (Å²) in [5.41, 5.74) is 3.65. The maximum Gasteiger partial charge on any atom is 0.172 e. The summed E-state index contributed by atoms with van der Waals surface area (Å²) >= 11 is 5.34. The van der Waals surface area contributed by atoms with E-state index in [0.29, 0.717) is 5.11 Å². The van der Waals surface area contributed by atoms with Crippen LogP contribution in [0.25, 0.3) is 0 Å². The Morgan fingerprint density at radius 3 is 2.65 bits per heavy atom. The first kappa shape index (κ1) is 14.5. The molecular formula is C16H19N3S. The first-order valence-electron chi connectivity index (χ1n) is 6.62. The molecule has 0 spiro atoms. The molecule has 2 aromatic rings. The molecule has 1 aromatic heterocycles. The number of pyridine rings is 1. The van der Waals surface area contributed by atoms with E-state index in [1.165, 1.54) is 11.1 Å². The zero-order valence-corrected chi connectivity index (χ0v) is 12.8. The number of nitrogens with zero attached hydrogens (tertiary/aromatic N) is 1. The van der Waals surface area contributed by atoms with Crippen molar-refractivity contribution in [2.24, 2.45) is 0 Å². The summed E-state index contributed by atoms with van der Waals surface area (Å²) in [7, 11) is 0. The molecule has 0 aliphatic rings. The molecule has 0 radical (unpaired) electrons. The normalized spacial score (nSPS) is 11.8. The summed E-state index contributed by atoms with van der Waals surface area (Å²) in [6, 6.07) is 12.4. The highest BCUT2D eigenvalue weighted by Gasteiger charge is 2.09. The average molecular weight is 285 g/mol. The standard InChI is InChI=1S/C16H19N3S/c1-11-8-9-17-15(10-11)19-16(20)18-13(3)14-7-5-4-6-12(14)2/h4-10,13H,1-3H3,(H2,17,18,19,20)/t13-/m0/s1. The Balaban J connectivity index is 2.00. The Bertz CT molecular complexity index is 610. The molecular weight excluding hydrogens is 266 g/mol. The van der Waals surface area contributed by atoms with E-state index in [1.54, 1.807) is 6.20 Å². The quantitative estimate of drug-likeness (QED) is 0.842. The lowest BCUT2D eigenvalue weighted by Crippen LogP contribution is -2.31. The van der Waals surface area contributed by atoms with Crippen LogP contribution in [-0.4, -0.2) is 10.1 Å². The summed E-state index contributed by atoms with van der Waals surface area (Å²) in [6.07, 6.45) is 1.77. The minimum Gasteiger partial charge on any atom is -0.356 e. The van der Waals surface area contributed by atoms with E-state index < -0.39 is 0 Å². The molecule has 104 valence electrons. The van der Waals surface area contributed by atoms with Crippen molar-refractivity contribution in [1.82, 2.24) is 10.3 Å². The van der Waals surface area contributed by atoms with Crippen LogP contribution >= 0.6 is 12.2 Å². The number of nitrogens with one attached hydrogen (secondary N) is 2. The number of hydrogen-bond acceptors (Lipinski definition) is 2. The Labute approximate surface area is 125 Å². The lowest BCUT2D eigenvalue weighted by Gasteiger charge is -2.18. The average Bonchev–Trinajstić information content (AvgIpc) is 2.38. The van der Waals surface area contributed by atoms with E-state index in [0.717, 1.165) is 11.4 Å². The van der Waals surface area contributed by atoms with Gasteiger partial charge in [-0.15, -0.1) is 0 Å². The van der Waals surface area contributed by atoms with Gasteiger partial charge in [-0.25, -0.2) is 4.98 Å². The summed E-state index contributed by atoms with van der Waals surface area (Å²) in [5, 5.41) is 6.98. The molecule has 1 aromatic carbocycles. The van der Waals surface area contributed by atoms with Gasteiger partial charge in [0.15, 0.2) is 5.11 Å². The second-order valence-corrected chi connectivity index (χ2v) is 5.30. The van der Waals surface area contributed by atoms with Crippen LogP contribution in [0, 0.1) is 13.8 Å².